The lowest BCUT2D eigenvalue weighted by Crippen LogP contribution is -2.27. The molecule has 0 aromatic heterocycles. The topological polar surface area (TPSA) is 63.5 Å². The van der Waals surface area contributed by atoms with Gasteiger partial charge < -0.3 is 0 Å². The lowest BCUT2D eigenvalue weighted by Gasteiger charge is -2.15. The van der Waals surface area contributed by atoms with E-state index in [1.807, 2.05) is 31.2 Å². The van der Waals surface area contributed by atoms with Gasteiger partial charge in [0.05, 0.1) is 15.5 Å². The van der Waals surface area contributed by atoms with Gasteiger partial charge in [0.25, 0.3) is 11.6 Å². The first-order valence-electron chi connectivity index (χ1n) is 8.03. The number of nitrogens with zero attached hydrogens (tertiary/aromatic N) is 2. The van der Waals surface area contributed by atoms with Crippen LogP contribution in [0.2, 0.25) is 0 Å². The van der Waals surface area contributed by atoms with Crippen LogP contribution in [0.3, 0.4) is 0 Å². The van der Waals surface area contributed by atoms with Gasteiger partial charge in [-0.2, -0.15) is 0 Å². The number of carbonyl (C=O) groups excluding carboxylic acids is 1. The van der Waals surface area contributed by atoms with Crippen LogP contribution < -0.4 is 4.90 Å². The number of nitro benzene ring substituents is 1. The van der Waals surface area contributed by atoms with Crippen LogP contribution in [0.1, 0.15) is 25.0 Å². The van der Waals surface area contributed by atoms with Crippen LogP contribution in [-0.4, -0.2) is 15.2 Å². The van der Waals surface area contributed by atoms with E-state index in [0.29, 0.717) is 9.23 Å². The molecule has 0 N–H and O–H groups in total. The lowest BCUT2D eigenvalue weighted by atomic mass is 10.1. The number of allylic oxidation sites excluding steroid dienone is 1. The Morgan fingerprint density at radius 2 is 1.77 bits per heavy atom. The molecular weight excluding hydrogens is 368 g/mol. The number of carbonyl (C=O) groups is 1. The summed E-state index contributed by atoms with van der Waals surface area (Å²) < 4.78 is 0.482. The van der Waals surface area contributed by atoms with E-state index in [1.165, 1.54) is 34.4 Å². The van der Waals surface area contributed by atoms with Crippen molar-refractivity contribution in [2.75, 3.05) is 4.90 Å². The molecule has 0 spiro atoms. The third-order valence-corrected chi connectivity index (χ3v) is 5.70. The summed E-state index contributed by atoms with van der Waals surface area (Å²) in [5.41, 5.74) is 3.47. The molecule has 0 saturated carbocycles. The molecule has 1 aliphatic heterocycles. The van der Waals surface area contributed by atoms with E-state index < -0.39 is 4.92 Å². The second-order valence-corrected chi connectivity index (χ2v) is 7.43. The van der Waals surface area contributed by atoms with Crippen LogP contribution >= 0.6 is 24.0 Å². The Morgan fingerprint density at radius 3 is 2.31 bits per heavy atom. The maximum Gasteiger partial charge on any atom is 0.271 e. The summed E-state index contributed by atoms with van der Waals surface area (Å²) in [6.07, 6.45) is 0.928. The van der Waals surface area contributed by atoms with Crippen LogP contribution in [0.4, 0.5) is 11.4 Å². The maximum absolute atomic E-state index is 12.9. The fourth-order valence-electron chi connectivity index (χ4n) is 2.67. The van der Waals surface area contributed by atoms with Crippen molar-refractivity contribution in [3.05, 3.63) is 74.7 Å². The third-order valence-electron chi connectivity index (χ3n) is 4.22. The molecule has 5 nitrogen and oxygen atoms in total. The lowest BCUT2D eigenvalue weighted by molar-refractivity contribution is -0.384. The van der Waals surface area contributed by atoms with Crippen LogP contribution in [0.25, 0.3) is 5.57 Å². The van der Waals surface area contributed by atoms with E-state index in [-0.39, 0.29) is 11.6 Å². The van der Waals surface area contributed by atoms with E-state index in [0.717, 1.165) is 23.2 Å². The fourth-order valence-corrected chi connectivity index (χ4v) is 4.01. The zero-order valence-corrected chi connectivity index (χ0v) is 15.9. The van der Waals surface area contributed by atoms with E-state index in [1.54, 1.807) is 12.1 Å². The van der Waals surface area contributed by atoms with Gasteiger partial charge in [-0.1, -0.05) is 43.0 Å². The SMILES string of the molecule is CCc1ccc(N2C(=O)/C(=C(\C)c3ccc([N+](=O)[O-])cc3)SC2=S)cc1. The van der Waals surface area contributed by atoms with E-state index in [4.69, 9.17) is 12.2 Å². The molecule has 0 unspecified atom stereocenters. The minimum atomic E-state index is -0.446. The molecule has 2 aromatic carbocycles. The molecule has 1 fully saturated rings. The summed E-state index contributed by atoms with van der Waals surface area (Å²) in [5, 5.41) is 10.8. The van der Waals surface area contributed by atoms with Gasteiger partial charge in [0.2, 0.25) is 0 Å². The summed E-state index contributed by atoms with van der Waals surface area (Å²) >= 11 is 6.66. The summed E-state index contributed by atoms with van der Waals surface area (Å²) in [5.74, 6) is -0.167. The number of benzene rings is 2. The number of anilines is 1. The van der Waals surface area contributed by atoms with Crippen molar-refractivity contribution in [2.24, 2.45) is 0 Å². The van der Waals surface area contributed by atoms with Crippen LogP contribution in [-0.2, 0) is 11.2 Å². The quantitative estimate of drug-likeness (QED) is 0.323. The molecule has 7 heteroatoms. The van der Waals surface area contributed by atoms with Gasteiger partial charge in [-0.05, 0) is 54.3 Å². The Kier molecular flexibility index (Phi) is 5.20. The summed E-state index contributed by atoms with van der Waals surface area (Å²) in [7, 11) is 0. The molecule has 1 heterocycles. The van der Waals surface area contributed by atoms with Crippen LogP contribution in [0.15, 0.2) is 53.4 Å². The van der Waals surface area contributed by atoms with Gasteiger partial charge in [0.1, 0.15) is 0 Å². The Bertz CT molecular complexity index is 919. The van der Waals surface area contributed by atoms with E-state index in [9.17, 15) is 14.9 Å². The Hall–Kier alpha value is -2.51. The standard InChI is InChI=1S/C19H16N2O3S2/c1-3-13-4-8-15(9-5-13)20-18(22)17(26-19(20)25)12(2)14-6-10-16(11-7-14)21(23)24/h4-11H,3H2,1-2H3/b17-12-. The molecular formula is C19H16N2O3S2. The molecule has 26 heavy (non-hydrogen) atoms. The first kappa shape index (κ1) is 18.3. The minimum Gasteiger partial charge on any atom is -0.268 e. The van der Waals surface area contributed by atoms with Crippen molar-refractivity contribution >= 4 is 51.2 Å². The van der Waals surface area contributed by atoms with Gasteiger partial charge in [0.15, 0.2) is 4.32 Å². The van der Waals surface area contributed by atoms with Gasteiger partial charge >= 0.3 is 0 Å². The molecule has 132 valence electrons. The summed E-state index contributed by atoms with van der Waals surface area (Å²) in [6.45, 7) is 3.90. The first-order chi connectivity index (χ1) is 12.4. The highest BCUT2D eigenvalue weighted by molar-refractivity contribution is 8.27. The number of thiocarbonyl (C=S) groups is 1. The highest BCUT2D eigenvalue weighted by Gasteiger charge is 2.34. The fraction of sp³-hybridized carbons (Fsp3) is 0.158. The van der Waals surface area contributed by atoms with Gasteiger partial charge in [-0.15, -0.1) is 0 Å². The van der Waals surface area contributed by atoms with Crippen LogP contribution in [0.5, 0.6) is 0 Å². The zero-order chi connectivity index (χ0) is 18.8. The predicted molar refractivity (Wildman–Crippen MR) is 109 cm³/mol. The van der Waals surface area contributed by atoms with Crippen LogP contribution in [0, 0.1) is 10.1 Å². The molecule has 1 saturated heterocycles. The number of non-ortho nitro benzene ring substituents is 1. The predicted octanol–water partition coefficient (Wildman–Crippen LogP) is 4.95. The average Bonchev–Trinajstić information content (AvgIpc) is 2.95. The number of aryl methyl sites for hydroxylation is 1. The van der Waals surface area contributed by atoms with Crippen molar-refractivity contribution in [1.29, 1.82) is 0 Å². The molecule has 1 aliphatic rings. The van der Waals surface area contributed by atoms with Gasteiger partial charge in [0, 0.05) is 12.1 Å². The summed E-state index contributed by atoms with van der Waals surface area (Å²) in [6, 6.07) is 13.9. The van der Waals surface area contributed by atoms with Gasteiger partial charge in [-0.25, -0.2) is 0 Å². The Balaban J connectivity index is 1.93. The minimum absolute atomic E-state index is 0.0186. The van der Waals surface area contributed by atoms with Crippen molar-refractivity contribution in [1.82, 2.24) is 0 Å². The zero-order valence-electron chi connectivity index (χ0n) is 14.3. The molecule has 0 aliphatic carbocycles. The normalized spacial score (nSPS) is 16.2. The molecule has 2 aromatic rings. The monoisotopic (exact) mass is 384 g/mol. The smallest absolute Gasteiger partial charge is 0.268 e. The highest BCUT2D eigenvalue weighted by Crippen LogP contribution is 2.39. The molecule has 0 atom stereocenters. The number of amides is 1. The number of hydrogen-bond acceptors (Lipinski definition) is 5. The molecule has 3 rings (SSSR count). The Morgan fingerprint density at radius 1 is 1.15 bits per heavy atom. The third kappa shape index (κ3) is 3.40. The molecule has 1 amide bonds. The number of thioether (sulfide) groups is 1. The first-order valence-corrected chi connectivity index (χ1v) is 9.25. The highest BCUT2D eigenvalue weighted by atomic mass is 32.2. The Labute approximate surface area is 160 Å². The molecule has 0 bridgehead atoms. The van der Waals surface area contributed by atoms with Crippen molar-refractivity contribution in [2.45, 2.75) is 20.3 Å². The maximum atomic E-state index is 12.9. The molecule has 0 radical (unpaired) electrons. The second-order valence-electron chi connectivity index (χ2n) is 5.79. The second kappa shape index (κ2) is 7.39. The number of hydrogen-bond donors (Lipinski definition) is 0. The number of rotatable bonds is 4. The van der Waals surface area contributed by atoms with Gasteiger partial charge in [-0.3, -0.25) is 19.8 Å². The van der Waals surface area contributed by atoms with E-state index in [2.05, 4.69) is 6.92 Å². The van der Waals surface area contributed by atoms with Crippen molar-refractivity contribution in [3.63, 3.8) is 0 Å². The largest absolute Gasteiger partial charge is 0.271 e. The summed E-state index contributed by atoms with van der Waals surface area (Å²) in [4.78, 5) is 25.3. The van der Waals surface area contributed by atoms with E-state index >= 15 is 0 Å². The number of nitro groups is 1. The van der Waals surface area contributed by atoms with Crippen molar-refractivity contribution < 1.29 is 9.72 Å². The van der Waals surface area contributed by atoms with Crippen molar-refractivity contribution in [3.8, 4) is 0 Å². The average molecular weight is 384 g/mol.